The van der Waals surface area contributed by atoms with Crippen LogP contribution in [-0.2, 0) is 4.79 Å². The number of carbonyl (C=O) groups is 1. The van der Waals surface area contributed by atoms with Crippen LogP contribution >= 0.6 is 0 Å². The molecule has 5 rings (SSSR count). The van der Waals surface area contributed by atoms with E-state index in [4.69, 9.17) is 5.26 Å². The quantitative estimate of drug-likeness (QED) is 0.369. The fraction of sp³-hybridized carbons (Fsp3) is 0.214. The maximum absolute atomic E-state index is 11.7. The highest BCUT2D eigenvalue weighted by Gasteiger charge is 2.20. The predicted octanol–water partition coefficient (Wildman–Crippen LogP) is 4.78. The van der Waals surface area contributed by atoms with Crippen LogP contribution in [0.2, 0.25) is 0 Å². The van der Waals surface area contributed by atoms with Crippen molar-refractivity contribution in [3.8, 4) is 23.1 Å². The molecular weight excluding hydrogens is 490 g/mol. The van der Waals surface area contributed by atoms with Crippen LogP contribution in [0.1, 0.15) is 5.56 Å². The van der Waals surface area contributed by atoms with E-state index >= 15 is 0 Å². The number of carbonyl (C=O) groups excluding carboxylic acids is 1. The van der Waals surface area contributed by atoms with Crippen LogP contribution in [0.25, 0.3) is 22.0 Å². The molecule has 38 heavy (non-hydrogen) atoms. The molecule has 0 radical (unpaired) electrons. The van der Waals surface area contributed by atoms with Crippen LogP contribution in [-0.4, -0.2) is 61.3 Å². The summed E-state index contributed by atoms with van der Waals surface area (Å²) < 4.78 is 27.5. The molecule has 1 fully saturated rings. The normalized spacial score (nSPS) is 12.9. The number of anilines is 2. The Morgan fingerprint density at radius 2 is 1.61 bits per heavy atom. The number of piperazine rings is 1. The molecule has 1 N–H and O–H groups in total. The zero-order valence-corrected chi connectivity index (χ0v) is 20.7. The Bertz CT molecular complexity index is 1400. The Kier molecular flexibility index (Phi) is 8.61. The van der Waals surface area contributed by atoms with E-state index in [9.17, 15) is 13.6 Å². The number of fused-ring (bicyclic) bond motifs is 1. The lowest BCUT2D eigenvalue weighted by Gasteiger charge is -2.33. The maximum atomic E-state index is 11.7. The van der Waals surface area contributed by atoms with Crippen molar-refractivity contribution in [3.63, 3.8) is 0 Å². The molecule has 1 aliphatic rings. The topological polar surface area (TPSA) is 94.4 Å². The van der Waals surface area contributed by atoms with Crippen LogP contribution in [0.5, 0.6) is 5.75 Å². The SMILES string of the molecule is CNc1ccc(OC(F)F)cc1.N#Cc1ccc(-c2nnc(N3CCN(C=O)CC3)c3ccccc23)cc1. The molecule has 1 aliphatic heterocycles. The molecule has 4 aromatic rings. The van der Waals surface area contributed by atoms with Gasteiger partial charge in [-0.2, -0.15) is 14.0 Å². The van der Waals surface area contributed by atoms with E-state index < -0.39 is 6.61 Å². The van der Waals surface area contributed by atoms with Crippen molar-refractivity contribution in [3.05, 3.63) is 78.4 Å². The van der Waals surface area contributed by atoms with Gasteiger partial charge in [0, 0.05) is 55.2 Å². The van der Waals surface area contributed by atoms with Gasteiger partial charge in [-0.3, -0.25) is 4.79 Å². The molecule has 1 saturated heterocycles. The Morgan fingerprint density at radius 1 is 0.947 bits per heavy atom. The number of benzene rings is 3. The number of halogens is 2. The van der Waals surface area contributed by atoms with Gasteiger partial charge in [0.05, 0.1) is 11.6 Å². The lowest BCUT2D eigenvalue weighted by molar-refractivity contribution is -0.118. The van der Waals surface area contributed by atoms with Crippen molar-refractivity contribution in [2.75, 3.05) is 43.4 Å². The lowest BCUT2D eigenvalue weighted by Crippen LogP contribution is -2.46. The van der Waals surface area contributed by atoms with Gasteiger partial charge in [0.15, 0.2) is 5.82 Å². The van der Waals surface area contributed by atoms with Gasteiger partial charge in [-0.15, -0.1) is 10.2 Å². The second-order valence-corrected chi connectivity index (χ2v) is 8.39. The molecule has 1 amide bonds. The molecule has 10 heteroatoms. The summed E-state index contributed by atoms with van der Waals surface area (Å²) >= 11 is 0. The first kappa shape index (κ1) is 26.3. The number of hydrogen-bond acceptors (Lipinski definition) is 7. The van der Waals surface area contributed by atoms with Gasteiger partial charge in [0.25, 0.3) is 0 Å². The summed E-state index contributed by atoms with van der Waals surface area (Å²) in [6.07, 6.45) is 0.898. The largest absolute Gasteiger partial charge is 0.435 e. The van der Waals surface area contributed by atoms with Crippen LogP contribution < -0.4 is 15.0 Å². The Morgan fingerprint density at radius 3 is 2.18 bits per heavy atom. The zero-order valence-electron chi connectivity index (χ0n) is 20.7. The molecule has 0 bridgehead atoms. The fourth-order valence-electron chi connectivity index (χ4n) is 4.08. The first-order chi connectivity index (χ1) is 18.5. The average Bonchev–Trinajstić information content (AvgIpc) is 2.97. The smallest absolute Gasteiger partial charge is 0.387 e. The van der Waals surface area contributed by atoms with E-state index in [0.29, 0.717) is 18.7 Å². The summed E-state index contributed by atoms with van der Waals surface area (Å²) in [5.41, 5.74) is 3.22. The van der Waals surface area contributed by atoms with Gasteiger partial charge in [-0.1, -0.05) is 36.4 Å². The van der Waals surface area contributed by atoms with Crippen molar-refractivity contribution >= 4 is 28.7 Å². The molecule has 0 aliphatic carbocycles. The second-order valence-electron chi connectivity index (χ2n) is 8.39. The number of amides is 1. The minimum absolute atomic E-state index is 0.170. The van der Waals surface area contributed by atoms with Crippen LogP contribution in [0, 0.1) is 11.3 Å². The van der Waals surface area contributed by atoms with Crippen LogP contribution in [0.3, 0.4) is 0 Å². The summed E-state index contributed by atoms with van der Waals surface area (Å²) in [6.45, 7) is 0.111. The predicted molar refractivity (Wildman–Crippen MR) is 142 cm³/mol. The first-order valence-corrected chi connectivity index (χ1v) is 11.9. The van der Waals surface area contributed by atoms with Crippen molar-refractivity contribution < 1.29 is 18.3 Å². The number of ether oxygens (including phenoxy) is 1. The molecule has 0 saturated carbocycles. The third kappa shape index (κ3) is 6.31. The third-order valence-electron chi connectivity index (χ3n) is 6.09. The zero-order chi connectivity index (χ0) is 26.9. The van der Waals surface area contributed by atoms with Gasteiger partial charge in [0.2, 0.25) is 6.41 Å². The van der Waals surface area contributed by atoms with Gasteiger partial charge in [-0.25, -0.2) is 0 Å². The van der Waals surface area contributed by atoms with Gasteiger partial charge >= 0.3 is 6.61 Å². The summed E-state index contributed by atoms with van der Waals surface area (Å²) in [4.78, 5) is 14.9. The fourth-order valence-corrected chi connectivity index (χ4v) is 4.08. The molecule has 194 valence electrons. The van der Waals surface area contributed by atoms with E-state index in [1.807, 2.05) is 30.3 Å². The van der Waals surface area contributed by atoms with Crippen molar-refractivity contribution in [2.24, 2.45) is 0 Å². The van der Waals surface area contributed by atoms with Crippen molar-refractivity contribution in [1.29, 1.82) is 5.26 Å². The van der Waals surface area contributed by atoms with Gasteiger partial charge in [0.1, 0.15) is 11.4 Å². The maximum Gasteiger partial charge on any atom is 0.387 e. The second kappa shape index (κ2) is 12.5. The molecule has 0 atom stereocenters. The Balaban J connectivity index is 0.000000236. The lowest BCUT2D eigenvalue weighted by atomic mass is 10.0. The number of nitrogens with zero attached hydrogens (tertiary/aromatic N) is 5. The molecule has 3 aromatic carbocycles. The summed E-state index contributed by atoms with van der Waals surface area (Å²) in [6, 6.07) is 23.9. The molecule has 0 unspecified atom stereocenters. The van der Waals surface area contributed by atoms with E-state index in [-0.39, 0.29) is 5.75 Å². The molecule has 2 heterocycles. The van der Waals surface area contributed by atoms with E-state index in [0.717, 1.165) is 53.0 Å². The van der Waals surface area contributed by atoms with Crippen LogP contribution in [0.15, 0.2) is 72.8 Å². The van der Waals surface area contributed by atoms with Crippen molar-refractivity contribution in [1.82, 2.24) is 15.1 Å². The third-order valence-corrected chi connectivity index (χ3v) is 6.09. The molecular formula is C28H26F2N6O2. The highest BCUT2D eigenvalue weighted by atomic mass is 19.3. The Labute approximate surface area is 219 Å². The van der Waals surface area contributed by atoms with E-state index in [2.05, 4.69) is 37.3 Å². The highest BCUT2D eigenvalue weighted by Crippen LogP contribution is 2.31. The molecule has 0 spiro atoms. The standard InChI is InChI=1S/C20H17N5O.C8H9F2NO/c21-13-15-5-7-16(8-6-15)19-17-3-1-2-4-18(17)20(23-22-19)25-11-9-24(14-26)10-12-25;1-11-6-2-4-7(5-3-6)12-8(9)10/h1-8,14H,9-12H2;2-5,8,11H,1H3. The van der Waals surface area contributed by atoms with Gasteiger partial charge in [-0.05, 0) is 36.4 Å². The number of rotatable bonds is 6. The van der Waals surface area contributed by atoms with Gasteiger partial charge < -0.3 is 19.9 Å². The average molecular weight is 517 g/mol. The van der Waals surface area contributed by atoms with Crippen molar-refractivity contribution in [2.45, 2.75) is 6.61 Å². The number of nitriles is 1. The number of aromatic nitrogens is 2. The number of alkyl halides is 2. The minimum atomic E-state index is -2.76. The molecule has 1 aromatic heterocycles. The summed E-state index contributed by atoms with van der Waals surface area (Å²) in [7, 11) is 1.75. The number of hydrogen-bond donors (Lipinski definition) is 1. The van der Waals surface area contributed by atoms with E-state index in [1.54, 1.807) is 36.2 Å². The van der Waals surface area contributed by atoms with Crippen LogP contribution in [0.4, 0.5) is 20.3 Å². The molecule has 8 nitrogen and oxygen atoms in total. The Hall–Kier alpha value is -4.78. The first-order valence-electron chi connectivity index (χ1n) is 11.9. The van der Waals surface area contributed by atoms with E-state index in [1.165, 1.54) is 12.1 Å². The monoisotopic (exact) mass is 516 g/mol. The number of nitrogens with one attached hydrogen (secondary N) is 1. The summed E-state index contributed by atoms with van der Waals surface area (Å²) in [5, 5.41) is 22.9. The summed E-state index contributed by atoms with van der Waals surface area (Å²) in [5.74, 6) is 1.02. The highest BCUT2D eigenvalue weighted by molar-refractivity contribution is 6.00. The minimum Gasteiger partial charge on any atom is -0.435 e.